The van der Waals surface area contributed by atoms with Crippen molar-refractivity contribution >= 4 is 11.5 Å². The highest BCUT2D eigenvalue weighted by Crippen LogP contribution is 2.24. The Bertz CT molecular complexity index is 901. The van der Waals surface area contributed by atoms with Gasteiger partial charge in [-0.15, -0.1) is 6.42 Å². The molecule has 3 heterocycles. The maximum absolute atomic E-state index is 13.2. The second kappa shape index (κ2) is 9.49. The Hall–Kier alpha value is -2.69. The van der Waals surface area contributed by atoms with Crippen LogP contribution in [0.2, 0.25) is 0 Å². The van der Waals surface area contributed by atoms with Crippen LogP contribution in [0.5, 0.6) is 0 Å². The number of anilines is 1. The van der Waals surface area contributed by atoms with Crippen LogP contribution in [0, 0.1) is 12.3 Å². The summed E-state index contributed by atoms with van der Waals surface area (Å²) in [7, 11) is 0. The lowest BCUT2D eigenvalue weighted by atomic mass is 9.97. The number of fused-ring (bicyclic) bond motifs is 1. The topological polar surface area (TPSA) is 66.3 Å². The molecule has 0 amide bonds. The number of nitrogens with one attached hydrogen (secondary N) is 3. The van der Waals surface area contributed by atoms with Crippen molar-refractivity contribution in [1.82, 2.24) is 25.4 Å². The lowest BCUT2D eigenvalue weighted by Gasteiger charge is -2.22. The summed E-state index contributed by atoms with van der Waals surface area (Å²) in [5.74, 6) is 2.64. The zero-order chi connectivity index (χ0) is 19.9. The third kappa shape index (κ3) is 4.97. The van der Waals surface area contributed by atoms with Gasteiger partial charge in [0.1, 0.15) is 5.82 Å². The highest BCUT2D eigenvalue weighted by molar-refractivity contribution is 5.53. The van der Waals surface area contributed by atoms with Crippen molar-refractivity contribution in [2.24, 2.45) is 0 Å². The highest BCUT2D eigenvalue weighted by atomic mass is 19.1. The van der Waals surface area contributed by atoms with Crippen LogP contribution in [0.1, 0.15) is 44.6 Å². The van der Waals surface area contributed by atoms with Gasteiger partial charge in [-0.25, -0.2) is 9.50 Å². The second-order valence-corrected chi connectivity index (χ2v) is 7.06. The zero-order valence-electron chi connectivity index (χ0n) is 16.4. The predicted octanol–water partition coefficient (Wildman–Crippen LogP) is 3.32. The fourth-order valence-corrected chi connectivity index (χ4v) is 3.42. The maximum atomic E-state index is 13.2. The number of terminal acetylenes is 1. The number of hydrazine groups is 1. The lowest BCUT2D eigenvalue weighted by Crippen LogP contribution is -2.41. The summed E-state index contributed by atoms with van der Waals surface area (Å²) in [5, 5.41) is 7.88. The summed E-state index contributed by atoms with van der Waals surface area (Å²) < 4.78 is 15.0. The van der Waals surface area contributed by atoms with Crippen LogP contribution in [0.25, 0.3) is 5.65 Å². The van der Waals surface area contributed by atoms with E-state index in [0.29, 0.717) is 5.92 Å². The third-order valence-corrected chi connectivity index (χ3v) is 4.95. The van der Waals surface area contributed by atoms with E-state index in [0.717, 1.165) is 55.0 Å². The Kier molecular flexibility index (Phi) is 6.80. The molecule has 6 nitrogen and oxygen atoms in total. The minimum absolute atomic E-state index is 0.148. The van der Waals surface area contributed by atoms with Crippen LogP contribution < -0.4 is 16.2 Å². The molecule has 0 aromatic carbocycles. The Balaban J connectivity index is 1.72. The maximum Gasteiger partial charge on any atom is 0.172 e. The van der Waals surface area contributed by atoms with Gasteiger partial charge in [0.15, 0.2) is 11.5 Å². The molecule has 0 spiro atoms. The van der Waals surface area contributed by atoms with Crippen molar-refractivity contribution in [2.75, 3.05) is 18.4 Å². The summed E-state index contributed by atoms with van der Waals surface area (Å²) in [4.78, 5) is 4.79. The van der Waals surface area contributed by atoms with E-state index in [1.807, 2.05) is 28.9 Å². The van der Waals surface area contributed by atoms with Crippen LogP contribution in [0.4, 0.5) is 10.2 Å². The molecule has 0 bridgehead atoms. The molecule has 7 heteroatoms. The zero-order valence-corrected chi connectivity index (χ0v) is 16.4. The Morgan fingerprint density at radius 2 is 2.36 bits per heavy atom. The van der Waals surface area contributed by atoms with Gasteiger partial charge in [-0.1, -0.05) is 18.6 Å². The molecule has 1 fully saturated rings. The van der Waals surface area contributed by atoms with E-state index in [1.54, 1.807) is 6.08 Å². The number of aromatic nitrogens is 3. The summed E-state index contributed by atoms with van der Waals surface area (Å²) in [5.41, 5.74) is 9.53. The average molecular weight is 382 g/mol. The molecule has 0 radical (unpaired) electrons. The summed E-state index contributed by atoms with van der Waals surface area (Å²) >= 11 is 0. The van der Waals surface area contributed by atoms with Crippen molar-refractivity contribution in [2.45, 2.75) is 45.1 Å². The monoisotopic (exact) mass is 382 g/mol. The van der Waals surface area contributed by atoms with E-state index in [-0.39, 0.29) is 6.04 Å². The first kappa shape index (κ1) is 20.1. The standard InChI is InChI=1S/C21H27FN6/c1-4-16(6-7-18(22)5-2)12-15(3)26-20-9-11-28-21(27-20)19(14-25-28)17-8-10-23-24-13-17/h2,6-7,9,11,14-15,17,23-24H,4,8,10,12-13H2,1,3H3,(H,26,27)/b16-6-,18-7+. The molecule has 1 aliphatic heterocycles. The van der Waals surface area contributed by atoms with Crippen LogP contribution in [0.15, 0.2) is 42.0 Å². The van der Waals surface area contributed by atoms with Gasteiger partial charge in [0.25, 0.3) is 0 Å². The van der Waals surface area contributed by atoms with Gasteiger partial charge in [-0.3, -0.25) is 10.9 Å². The van der Waals surface area contributed by atoms with Crippen LogP contribution in [0.3, 0.4) is 0 Å². The molecule has 1 aliphatic rings. The van der Waals surface area contributed by atoms with E-state index in [4.69, 9.17) is 11.4 Å². The van der Waals surface area contributed by atoms with Crippen molar-refractivity contribution < 1.29 is 4.39 Å². The average Bonchev–Trinajstić information content (AvgIpc) is 3.14. The number of nitrogens with zero attached hydrogens (tertiary/aromatic N) is 3. The van der Waals surface area contributed by atoms with Crippen molar-refractivity contribution in [3.05, 3.63) is 47.6 Å². The molecule has 2 aromatic rings. The van der Waals surface area contributed by atoms with Gasteiger partial charge in [-0.05, 0) is 44.2 Å². The van der Waals surface area contributed by atoms with Gasteiger partial charge in [0.2, 0.25) is 0 Å². The molecular weight excluding hydrogens is 355 g/mol. The number of rotatable bonds is 7. The molecule has 2 unspecified atom stereocenters. The molecule has 3 N–H and O–H groups in total. The molecule has 2 aromatic heterocycles. The van der Waals surface area contributed by atoms with Gasteiger partial charge in [0.05, 0.1) is 6.20 Å². The predicted molar refractivity (Wildman–Crippen MR) is 110 cm³/mol. The Labute approximate surface area is 165 Å². The van der Waals surface area contributed by atoms with Crippen LogP contribution >= 0.6 is 0 Å². The molecule has 3 rings (SSSR count). The second-order valence-electron chi connectivity index (χ2n) is 7.06. The Morgan fingerprint density at radius 3 is 3.07 bits per heavy atom. The molecule has 148 valence electrons. The van der Waals surface area contributed by atoms with E-state index in [9.17, 15) is 4.39 Å². The first-order valence-electron chi connectivity index (χ1n) is 9.69. The first-order valence-corrected chi connectivity index (χ1v) is 9.69. The molecule has 2 atom stereocenters. The fraction of sp³-hybridized carbons (Fsp3) is 0.429. The van der Waals surface area contributed by atoms with E-state index in [1.165, 1.54) is 6.08 Å². The molecule has 0 aliphatic carbocycles. The largest absolute Gasteiger partial charge is 0.367 e. The van der Waals surface area contributed by atoms with E-state index < -0.39 is 5.83 Å². The number of allylic oxidation sites excluding steroid dienone is 3. The minimum atomic E-state index is -0.556. The highest BCUT2D eigenvalue weighted by Gasteiger charge is 2.20. The molecular formula is C21H27FN6. The SMILES string of the molecule is C#C/C(F)=C\C=C(\CC)CC(C)Nc1ccn2ncc(C3CCNNC3)c2n1. The van der Waals surface area contributed by atoms with Crippen molar-refractivity contribution in [1.29, 1.82) is 0 Å². The van der Waals surface area contributed by atoms with Crippen molar-refractivity contribution in [3.8, 4) is 12.3 Å². The number of halogens is 1. The molecule has 0 saturated carbocycles. The van der Waals surface area contributed by atoms with Crippen LogP contribution in [-0.2, 0) is 0 Å². The summed E-state index contributed by atoms with van der Waals surface area (Å²) in [6.45, 7) is 5.93. The first-order chi connectivity index (χ1) is 13.6. The van der Waals surface area contributed by atoms with Gasteiger partial charge in [-0.2, -0.15) is 9.49 Å². The normalized spacial score (nSPS) is 19.4. The number of hydrogen-bond acceptors (Lipinski definition) is 5. The van der Waals surface area contributed by atoms with Crippen molar-refractivity contribution in [3.63, 3.8) is 0 Å². The minimum Gasteiger partial charge on any atom is -0.367 e. The summed E-state index contributed by atoms with van der Waals surface area (Å²) in [6, 6.07) is 2.07. The lowest BCUT2D eigenvalue weighted by molar-refractivity contribution is 0.401. The third-order valence-electron chi connectivity index (χ3n) is 4.95. The fourth-order valence-electron chi connectivity index (χ4n) is 3.42. The van der Waals surface area contributed by atoms with E-state index in [2.05, 4.69) is 35.1 Å². The number of hydrogen-bond donors (Lipinski definition) is 3. The van der Waals surface area contributed by atoms with E-state index >= 15 is 0 Å². The van der Waals surface area contributed by atoms with Gasteiger partial charge >= 0.3 is 0 Å². The quantitative estimate of drug-likeness (QED) is 0.506. The molecule has 28 heavy (non-hydrogen) atoms. The van der Waals surface area contributed by atoms with Gasteiger partial charge in [0, 0.05) is 36.8 Å². The van der Waals surface area contributed by atoms with Gasteiger partial charge < -0.3 is 5.32 Å². The Morgan fingerprint density at radius 1 is 1.50 bits per heavy atom. The molecule has 1 saturated heterocycles. The van der Waals surface area contributed by atoms with Crippen LogP contribution in [-0.4, -0.2) is 33.7 Å². The summed E-state index contributed by atoms with van der Waals surface area (Å²) in [6.07, 6.45) is 14.7. The smallest absolute Gasteiger partial charge is 0.172 e.